The Kier molecular flexibility index (Phi) is 6.73. The van der Waals surface area contributed by atoms with Crippen molar-refractivity contribution in [2.24, 2.45) is 5.41 Å². The van der Waals surface area contributed by atoms with Gasteiger partial charge in [0.15, 0.2) is 5.78 Å². The van der Waals surface area contributed by atoms with Crippen molar-refractivity contribution in [1.82, 2.24) is 4.72 Å². The molecule has 0 saturated heterocycles. The molecule has 2 aromatic rings. The van der Waals surface area contributed by atoms with Gasteiger partial charge in [-0.3, -0.25) is 9.59 Å². The molecule has 0 aliphatic heterocycles. The predicted molar refractivity (Wildman–Crippen MR) is 114 cm³/mol. The standard InChI is InChI=1S/C23H27NO5S/c1-17(25)20-8-10-21(11-9-20)30(28,29)24-16-23(12-2-3-13-23)15-19-6-4-18(5-7-19)14-22(26)27/h4-11,24H,2-3,12-16H2,1H3,(H,26,27). The van der Waals surface area contributed by atoms with Gasteiger partial charge in [-0.1, -0.05) is 49.2 Å². The summed E-state index contributed by atoms with van der Waals surface area (Å²) in [6.07, 6.45) is 4.74. The Bertz CT molecular complexity index is 1000. The number of Topliss-reactive ketones (excluding diaryl/α,β-unsaturated/α-hetero) is 1. The first kappa shape index (κ1) is 22.2. The number of hydrogen-bond acceptors (Lipinski definition) is 4. The maximum atomic E-state index is 12.8. The van der Waals surface area contributed by atoms with E-state index in [9.17, 15) is 18.0 Å². The second-order valence-corrected chi connectivity index (χ2v) is 9.94. The van der Waals surface area contributed by atoms with Crippen molar-refractivity contribution in [3.8, 4) is 0 Å². The smallest absolute Gasteiger partial charge is 0.307 e. The van der Waals surface area contributed by atoms with Gasteiger partial charge in [-0.05, 0) is 54.9 Å². The van der Waals surface area contributed by atoms with Crippen molar-refractivity contribution in [2.45, 2.75) is 50.3 Å². The second kappa shape index (κ2) is 9.10. The van der Waals surface area contributed by atoms with E-state index in [4.69, 9.17) is 5.11 Å². The molecule has 0 amide bonds. The van der Waals surface area contributed by atoms with Crippen molar-refractivity contribution in [3.63, 3.8) is 0 Å². The van der Waals surface area contributed by atoms with Crippen molar-refractivity contribution in [3.05, 3.63) is 65.2 Å². The summed E-state index contributed by atoms with van der Waals surface area (Å²) in [5.74, 6) is -0.966. The summed E-state index contributed by atoms with van der Waals surface area (Å²) in [4.78, 5) is 22.4. The Labute approximate surface area is 177 Å². The van der Waals surface area contributed by atoms with Crippen LogP contribution in [-0.4, -0.2) is 31.8 Å². The van der Waals surface area contributed by atoms with Crippen LogP contribution in [0.15, 0.2) is 53.4 Å². The van der Waals surface area contributed by atoms with Crippen LogP contribution in [0.1, 0.15) is 54.1 Å². The van der Waals surface area contributed by atoms with E-state index in [1.54, 1.807) is 0 Å². The van der Waals surface area contributed by atoms with Crippen LogP contribution < -0.4 is 4.72 Å². The fourth-order valence-electron chi connectivity index (χ4n) is 4.12. The van der Waals surface area contributed by atoms with Crippen LogP contribution >= 0.6 is 0 Å². The third kappa shape index (κ3) is 5.55. The van der Waals surface area contributed by atoms with Gasteiger partial charge in [0.1, 0.15) is 0 Å². The highest BCUT2D eigenvalue weighted by Gasteiger charge is 2.35. The molecule has 0 aromatic heterocycles. The van der Waals surface area contributed by atoms with Gasteiger partial charge in [0.05, 0.1) is 11.3 Å². The minimum absolute atomic E-state index is 0.00631. The largest absolute Gasteiger partial charge is 0.481 e. The van der Waals surface area contributed by atoms with Crippen molar-refractivity contribution >= 4 is 21.8 Å². The van der Waals surface area contributed by atoms with Crippen LogP contribution in [0, 0.1) is 5.41 Å². The fourth-order valence-corrected chi connectivity index (χ4v) is 5.28. The Morgan fingerprint density at radius 3 is 2.07 bits per heavy atom. The van der Waals surface area contributed by atoms with E-state index in [-0.39, 0.29) is 22.5 Å². The molecule has 7 heteroatoms. The molecule has 0 bridgehead atoms. The van der Waals surface area contributed by atoms with Crippen LogP contribution in [0.25, 0.3) is 0 Å². The maximum Gasteiger partial charge on any atom is 0.307 e. The number of hydrogen-bond donors (Lipinski definition) is 2. The number of aliphatic carboxylic acids is 1. The SMILES string of the molecule is CC(=O)c1ccc(S(=O)(=O)NCC2(Cc3ccc(CC(=O)O)cc3)CCCC2)cc1. The summed E-state index contributed by atoms with van der Waals surface area (Å²) in [6, 6.07) is 13.5. The van der Waals surface area contributed by atoms with Crippen LogP contribution in [0.4, 0.5) is 0 Å². The quantitative estimate of drug-likeness (QED) is 0.593. The van der Waals surface area contributed by atoms with Gasteiger partial charge in [-0.2, -0.15) is 0 Å². The summed E-state index contributed by atoms with van der Waals surface area (Å²) in [6.45, 7) is 1.79. The van der Waals surface area contributed by atoms with E-state index in [0.717, 1.165) is 43.2 Å². The minimum Gasteiger partial charge on any atom is -0.481 e. The molecule has 160 valence electrons. The first-order valence-electron chi connectivity index (χ1n) is 10.1. The van der Waals surface area contributed by atoms with E-state index in [1.807, 2.05) is 24.3 Å². The molecule has 0 atom stereocenters. The lowest BCUT2D eigenvalue weighted by atomic mass is 9.80. The Morgan fingerprint density at radius 1 is 0.967 bits per heavy atom. The van der Waals surface area contributed by atoms with Gasteiger partial charge < -0.3 is 5.11 Å². The van der Waals surface area contributed by atoms with Crippen LogP contribution in [0.3, 0.4) is 0 Å². The fraction of sp³-hybridized carbons (Fsp3) is 0.391. The summed E-state index contributed by atoms with van der Waals surface area (Å²) < 4.78 is 28.3. The molecule has 1 saturated carbocycles. The van der Waals surface area contributed by atoms with Gasteiger partial charge >= 0.3 is 5.97 Å². The predicted octanol–water partition coefficient (Wildman–Crippen LogP) is 3.60. The number of rotatable bonds is 9. The van der Waals surface area contributed by atoms with E-state index < -0.39 is 16.0 Å². The van der Waals surface area contributed by atoms with Crippen LogP contribution in [-0.2, 0) is 27.7 Å². The molecule has 1 fully saturated rings. The number of ketones is 1. The first-order valence-corrected chi connectivity index (χ1v) is 11.6. The average Bonchev–Trinajstić information content (AvgIpc) is 3.17. The molecule has 3 rings (SSSR count). The molecular formula is C23H27NO5S. The molecule has 0 heterocycles. The Morgan fingerprint density at radius 2 is 1.53 bits per heavy atom. The number of carboxylic acid groups (broad SMARTS) is 1. The highest BCUT2D eigenvalue weighted by atomic mass is 32.2. The second-order valence-electron chi connectivity index (χ2n) is 8.18. The summed E-state index contributed by atoms with van der Waals surface area (Å²) >= 11 is 0. The molecule has 1 aliphatic carbocycles. The average molecular weight is 430 g/mol. The van der Waals surface area contributed by atoms with Gasteiger partial charge in [0.25, 0.3) is 0 Å². The number of carbonyl (C=O) groups is 2. The number of carbonyl (C=O) groups excluding carboxylic acids is 1. The van der Waals surface area contributed by atoms with Gasteiger partial charge in [0.2, 0.25) is 10.0 Å². The van der Waals surface area contributed by atoms with Gasteiger partial charge in [-0.25, -0.2) is 13.1 Å². The lowest BCUT2D eigenvalue weighted by molar-refractivity contribution is -0.136. The van der Waals surface area contributed by atoms with Crippen molar-refractivity contribution in [2.75, 3.05) is 6.54 Å². The number of benzene rings is 2. The topological polar surface area (TPSA) is 101 Å². The molecule has 2 aromatic carbocycles. The molecule has 2 N–H and O–H groups in total. The molecule has 0 spiro atoms. The monoisotopic (exact) mass is 429 g/mol. The zero-order chi connectivity index (χ0) is 21.8. The highest BCUT2D eigenvalue weighted by Crippen LogP contribution is 2.40. The third-order valence-electron chi connectivity index (χ3n) is 5.83. The van der Waals surface area contributed by atoms with E-state index in [2.05, 4.69) is 4.72 Å². The van der Waals surface area contributed by atoms with E-state index in [0.29, 0.717) is 12.1 Å². The van der Waals surface area contributed by atoms with Crippen molar-refractivity contribution in [1.29, 1.82) is 0 Å². The van der Waals surface area contributed by atoms with E-state index >= 15 is 0 Å². The maximum absolute atomic E-state index is 12.8. The van der Waals surface area contributed by atoms with E-state index in [1.165, 1.54) is 31.2 Å². The van der Waals surface area contributed by atoms with Gasteiger partial charge in [0, 0.05) is 12.1 Å². The first-order chi connectivity index (χ1) is 14.2. The lowest BCUT2D eigenvalue weighted by Gasteiger charge is -2.29. The van der Waals surface area contributed by atoms with Crippen molar-refractivity contribution < 1.29 is 23.1 Å². The third-order valence-corrected chi connectivity index (χ3v) is 7.25. The summed E-state index contributed by atoms with van der Waals surface area (Å²) in [5.41, 5.74) is 2.16. The van der Waals surface area contributed by atoms with Gasteiger partial charge in [-0.15, -0.1) is 0 Å². The molecule has 6 nitrogen and oxygen atoms in total. The minimum atomic E-state index is -3.67. The molecule has 0 unspecified atom stereocenters. The Balaban J connectivity index is 1.70. The molecule has 30 heavy (non-hydrogen) atoms. The normalized spacial score (nSPS) is 15.8. The molecule has 1 aliphatic rings. The number of sulfonamides is 1. The van der Waals surface area contributed by atoms with Crippen LogP contribution in [0.5, 0.6) is 0 Å². The lowest BCUT2D eigenvalue weighted by Crippen LogP contribution is -2.37. The zero-order valence-corrected chi connectivity index (χ0v) is 17.9. The number of nitrogens with one attached hydrogen (secondary N) is 1. The van der Waals surface area contributed by atoms with Crippen LogP contribution in [0.2, 0.25) is 0 Å². The molecular weight excluding hydrogens is 402 g/mol. The Hall–Kier alpha value is -2.51. The molecule has 0 radical (unpaired) electrons. The zero-order valence-electron chi connectivity index (χ0n) is 17.1. The summed E-state index contributed by atoms with van der Waals surface area (Å²) in [5, 5.41) is 8.91. The summed E-state index contributed by atoms with van der Waals surface area (Å²) in [7, 11) is -3.67. The highest BCUT2D eigenvalue weighted by molar-refractivity contribution is 7.89. The number of carboxylic acids is 1.